The average molecular weight is 290 g/mol. The summed E-state index contributed by atoms with van der Waals surface area (Å²) in [5, 5.41) is 0.321. The summed E-state index contributed by atoms with van der Waals surface area (Å²) in [6, 6.07) is 5.10. The van der Waals surface area contributed by atoms with Crippen molar-refractivity contribution in [2.45, 2.75) is 13.5 Å². The average Bonchev–Trinajstić information content (AvgIpc) is 2.93. The number of imidazole rings is 1. The molecule has 0 N–H and O–H groups in total. The highest BCUT2D eigenvalue weighted by atomic mass is 35.5. The van der Waals surface area contributed by atoms with Gasteiger partial charge in [-0.15, -0.1) is 0 Å². The zero-order valence-corrected chi connectivity index (χ0v) is 11.6. The standard InChI is InChI=1S/C14H12ClN3O2/c1-9-16-5-6-17(9)7-8-18-11-4-2-3-10(15)12(11)13(19)14(18)20/h2-6H,7-8H2,1H3. The molecule has 1 aromatic carbocycles. The van der Waals surface area contributed by atoms with E-state index in [0.29, 0.717) is 29.4 Å². The number of ketones is 1. The maximum Gasteiger partial charge on any atom is 0.299 e. The Labute approximate surface area is 120 Å². The van der Waals surface area contributed by atoms with Crippen LogP contribution in [0.3, 0.4) is 0 Å². The number of hydrogen-bond donors (Lipinski definition) is 0. The molecule has 102 valence electrons. The summed E-state index contributed by atoms with van der Waals surface area (Å²) >= 11 is 6.01. The van der Waals surface area contributed by atoms with Crippen molar-refractivity contribution in [3.63, 3.8) is 0 Å². The van der Waals surface area contributed by atoms with E-state index in [9.17, 15) is 9.59 Å². The molecule has 5 nitrogen and oxygen atoms in total. The minimum atomic E-state index is -0.534. The third-order valence-corrected chi connectivity index (χ3v) is 3.75. The van der Waals surface area contributed by atoms with E-state index in [4.69, 9.17) is 11.6 Å². The number of carbonyl (C=O) groups excluding carboxylic acids is 2. The fourth-order valence-electron chi connectivity index (χ4n) is 2.37. The van der Waals surface area contributed by atoms with Gasteiger partial charge in [-0.2, -0.15) is 0 Å². The normalized spacial score (nSPS) is 14.0. The molecular weight excluding hydrogens is 278 g/mol. The molecule has 0 saturated carbocycles. The summed E-state index contributed by atoms with van der Waals surface area (Å²) in [5.74, 6) is -0.187. The maximum absolute atomic E-state index is 12.1. The molecule has 3 rings (SSSR count). The van der Waals surface area contributed by atoms with Crippen molar-refractivity contribution in [2.75, 3.05) is 11.4 Å². The molecule has 0 aliphatic carbocycles. The van der Waals surface area contributed by atoms with Gasteiger partial charge in [-0.3, -0.25) is 9.59 Å². The first kappa shape index (κ1) is 12.9. The topological polar surface area (TPSA) is 55.2 Å². The Kier molecular flexibility index (Phi) is 3.06. The number of hydrogen-bond acceptors (Lipinski definition) is 3. The van der Waals surface area contributed by atoms with Gasteiger partial charge in [-0.25, -0.2) is 4.98 Å². The lowest BCUT2D eigenvalue weighted by molar-refractivity contribution is -0.114. The zero-order chi connectivity index (χ0) is 14.3. The van der Waals surface area contributed by atoms with E-state index in [-0.39, 0.29) is 0 Å². The number of amides is 1. The largest absolute Gasteiger partial charge is 0.333 e. The number of Topliss-reactive ketones (excluding diaryl/α,β-unsaturated/α-hetero) is 1. The molecule has 20 heavy (non-hydrogen) atoms. The van der Waals surface area contributed by atoms with Gasteiger partial charge < -0.3 is 9.47 Å². The lowest BCUT2D eigenvalue weighted by Crippen LogP contribution is -2.32. The fourth-order valence-corrected chi connectivity index (χ4v) is 2.63. The maximum atomic E-state index is 12.1. The van der Waals surface area contributed by atoms with Crippen LogP contribution >= 0.6 is 11.6 Å². The van der Waals surface area contributed by atoms with Crippen molar-refractivity contribution >= 4 is 29.0 Å². The lowest BCUT2D eigenvalue weighted by Gasteiger charge is -2.17. The highest BCUT2D eigenvalue weighted by Gasteiger charge is 2.37. The molecule has 0 spiro atoms. The molecule has 2 aromatic rings. The Hall–Kier alpha value is -2.14. The Morgan fingerprint density at radius 1 is 1.25 bits per heavy atom. The van der Waals surface area contributed by atoms with E-state index in [1.54, 1.807) is 24.4 Å². The summed E-state index contributed by atoms with van der Waals surface area (Å²) in [6.45, 7) is 2.88. The third kappa shape index (κ3) is 1.91. The van der Waals surface area contributed by atoms with Crippen molar-refractivity contribution in [3.05, 3.63) is 47.0 Å². The van der Waals surface area contributed by atoms with E-state index < -0.39 is 11.7 Å². The van der Waals surface area contributed by atoms with Crippen molar-refractivity contribution in [1.29, 1.82) is 0 Å². The van der Waals surface area contributed by atoms with Crippen LogP contribution in [-0.2, 0) is 11.3 Å². The first-order valence-electron chi connectivity index (χ1n) is 6.22. The van der Waals surface area contributed by atoms with Gasteiger partial charge in [-0.05, 0) is 19.1 Å². The minimum Gasteiger partial charge on any atom is -0.333 e. The molecule has 0 saturated heterocycles. The van der Waals surface area contributed by atoms with E-state index in [2.05, 4.69) is 4.98 Å². The Morgan fingerprint density at radius 2 is 2.05 bits per heavy atom. The van der Waals surface area contributed by atoms with E-state index in [0.717, 1.165) is 5.82 Å². The van der Waals surface area contributed by atoms with E-state index in [1.807, 2.05) is 17.7 Å². The highest BCUT2D eigenvalue weighted by Crippen LogP contribution is 2.33. The predicted octanol–water partition coefficient (Wildman–Crippen LogP) is 2.07. The number of aromatic nitrogens is 2. The summed E-state index contributed by atoms with van der Waals surface area (Å²) in [5.41, 5.74) is 0.895. The van der Waals surface area contributed by atoms with Gasteiger partial charge in [-0.1, -0.05) is 17.7 Å². The van der Waals surface area contributed by atoms with Gasteiger partial charge in [0.25, 0.3) is 11.7 Å². The molecule has 0 atom stereocenters. The van der Waals surface area contributed by atoms with E-state index in [1.165, 1.54) is 4.90 Å². The first-order chi connectivity index (χ1) is 9.59. The number of benzene rings is 1. The minimum absolute atomic E-state index is 0.307. The molecule has 1 aromatic heterocycles. The quantitative estimate of drug-likeness (QED) is 0.813. The van der Waals surface area contributed by atoms with Gasteiger partial charge in [0.2, 0.25) is 0 Å². The molecular formula is C14H12ClN3O2. The number of halogens is 1. The molecule has 1 aliphatic heterocycles. The van der Waals surface area contributed by atoms with Crippen LogP contribution in [0.2, 0.25) is 5.02 Å². The van der Waals surface area contributed by atoms with Crippen LogP contribution in [0.25, 0.3) is 0 Å². The molecule has 0 fully saturated rings. The summed E-state index contributed by atoms with van der Waals surface area (Å²) < 4.78 is 1.93. The van der Waals surface area contributed by atoms with Crippen LogP contribution in [0, 0.1) is 6.92 Å². The van der Waals surface area contributed by atoms with Crippen molar-refractivity contribution in [1.82, 2.24) is 9.55 Å². The van der Waals surface area contributed by atoms with Gasteiger partial charge >= 0.3 is 0 Å². The molecule has 1 amide bonds. The van der Waals surface area contributed by atoms with Crippen LogP contribution in [0.4, 0.5) is 5.69 Å². The van der Waals surface area contributed by atoms with Crippen molar-refractivity contribution in [2.24, 2.45) is 0 Å². The fraction of sp³-hybridized carbons (Fsp3) is 0.214. The molecule has 0 bridgehead atoms. The van der Waals surface area contributed by atoms with Crippen LogP contribution in [-0.4, -0.2) is 27.8 Å². The third-order valence-electron chi connectivity index (χ3n) is 3.44. The van der Waals surface area contributed by atoms with Gasteiger partial charge in [0.05, 0.1) is 16.3 Å². The summed E-state index contributed by atoms with van der Waals surface area (Å²) in [6.07, 6.45) is 3.55. The predicted molar refractivity (Wildman–Crippen MR) is 75.1 cm³/mol. The van der Waals surface area contributed by atoms with E-state index >= 15 is 0 Å². The number of nitrogens with zero attached hydrogens (tertiary/aromatic N) is 3. The van der Waals surface area contributed by atoms with Gasteiger partial charge in [0.1, 0.15) is 5.82 Å². The molecule has 0 unspecified atom stereocenters. The Bertz CT molecular complexity index is 708. The monoisotopic (exact) mass is 289 g/mol. The van der Waals surface area contributed by atoms with Crippen LogP contribution < -0.4 is 4.90 Å². The number of carbonyl (C=O) groups is 2. The Balaban J connectivity index is 1.88. The number of rotatable bonds is 3. The van der Waals surface area contributed by atoms with Crippen LogP contribution in [0.15, 0.2) is 30.6 Å². The van der Waals surface area contributed by atoms with Crippen molar-refractivity contribution in [3.8, 4) is 0 Å². The second-order valence-corrected chi connectivity index (χ2v) is 4.99. The van der Waals surface area contributed by atoms with Crippen LogP contribution in [0.5, 0.6) is 0 Å². The molecule has 2 heterocycles. The Morgan fingerprint density at radius 3 is 2.75 bits per heavy atom. The number of anilines is 1. The number of fused-ring (bicyclic) bond motifs is 1. The zero-order valence-electron chi connectivity index (χ0n) is 10.8. The number of aryl methyl sites for hydroxylation is 1. The smallest absolute Gasteiger partial charge is 0.299 e. The second kappa shape index (κ2) is 4.76. The lowest BCUT2D eigenvalue weighted by atomic mass is 10.1. The molecule has 1 aliphatic rings. The summed E-state index contributed by atoms with van der Waals surface area (Å²) in [7, 11) is 0. The first-order valence-corrected chi connectivity index (χ1v) is 6.60. The second-order valence-electron chi connectivity index (χ2n) is 4.59. The highest BCUT2D eigenvalue weighted by molar-refractivity contribution is 6.55. The SMILES string of the molecule is Cc1nccn1CCN1C(=O)C(=O)c2c(Cl)cccc21. The van der Waals surface area contributed by atoms with Gasteiger partial charge in [0.15, 0.2) is 0 Å². The van der Waals surface area contributed by atoms with Crippen LogP contribution in [0.1, 0.15) is 16.2 Å². The van der Waals surface area contributed by atoms with Crippen molar-refractivity contribution < 1.29 is 9.59 Å². The molecule has 6 heteroatoms. The van der Waals surface area contributed by atoms with Gasteiger partial charge in [0, 0.05) is 25.5 Å². The summed E-state index contributed by atoms with van der Waals surface area (Å²) in [4.78, 5) is 29.6. The molecule has 0 radical (unpaired) electrons.